The summed E-state index contributed by atoms with van der Waals surface area (Å²) in [5.74, 6) is -0.895. The number of carbonyl (C=O) groups is 3. The van der Waals surface area contributed by atoms with Gasteiger partial charge in [0, 0.05) is 12.5 Å². The van der Waals surface area contributed by atoms with E-state index in [1.807, 2.05) is 102 Å². The SMILES string of the molecule is CC[C@H](N[C@@H](C(=O)N[C@@H](Cc1ccccc1)C(=O)OC)C(C)C)[C@H](Cc1ccccc1)NC(=O)OC(C)(C)C. The van der Waals surface area contributed by atoms with E-state index in [1.165, 1.54) is 7.11 Å². The van der Waals surface area contributed by atoms with Crippen LogP contribution in [0.5, 0.6) is 0 Å². The standard InChI is InChI=1S/C31H45N3O5/c1-8-24(25(19-22-15-11-9-12-16-22)34-30(37)39-31(4,5)6)32-27(21(2)3)28(35)33-26(29(36)38-7)20-23-17-13-10-14-18-23/h9-18,21,24-27,32H,8,19-20H2,1-7H3,(H,33,35)(H,34,37)/t24-,25-,26-,27+/m0/s1. The van der Waals surface area contributed by atoms with E-state index in [4.69, 9.17) is 9.47 Å². The first-order valence-corrected chi connectivity index (χ1v) is 13.6. The van der Waals surface area contributed by atoms with Crippen LogP contribution in [0.3, 0.4) is 0 Å². The van der Waals surface area contributed by atoms with Crippen LogP contribution in [0.15, 0.2) is 60.7 Å². The van der Waals surface area contributed by atoms with Gasteiger partial charge in [-0.15, -0.1) is 0 Å². The molecule has 2 amide bonds. The lowest BCUT2D eigenvalue weighted by Gasteiger charge is -2.34. The van der Waals surface area contributed by atoms with Crippen LogP contribution in [0, 0.1) is 5.92 Å². The molecule has 2 rings (SSSR count). The highest BCUT2D eigenvalue weighted by atomic mass is 16.6. The summed E-state index contributed by atoms with van der Waals surface area (Å²) < 4.78 is 10.5. The smallest absolute Gasteiger partial charge is 0.407 e. The maximum Gasteiger partial charge on any atom is 0.407 e. The van der Waals surface area contributed by atoms with Gasteiger partial charge in [-0.05, 0) is 50.7 Å². The molecule has 39 heavy (non-hydrogen) atoms. The van der Waals surface area contributed by atoms with Gasteiger partial charge in [0.05, 0.1) is 19.2 Å². The van der Waals surface area contributed by atoms with Gasteiger partial charge in [0.2, 0.25) is 5.91 Å². The van der Waals surface area contributed by atoms with Crippen LogP contribution in [0.4, 0.5) is 4.79 Å². The van der Waals surface area contributed by atoms with Crippen LogP contribution in [-0.4, -0.2) is 54.8 Å². The minimum absolute atomic E-state index is 0.0898. The van der Waals surface area contributed by atoms with Gasteiger partial charge in [-0.1, -0.05) is 81.4 Å². The third-order valence-corrected chi connectivity index (χ3v) is 6.35. The molecule has 0 aliphatic rings. The lowest BCUT2D eigenvalue weighted by Crippen LogP contribution is -2.60. The zero-order valence-corrected chi connectivity index (χ0v) is 24.3. The molecule has 0 aromatic heterocycles. The highest BCUT2D eigenvalue weighted by molar-refractivity contribution is 5.88. The van der Waals surface area contributed by atoms with Crippen molar-refractivity contribution in [3.05, 3.63) is 71.8 Å². The highest BCUT2D eigenvalue weighted by Crippen LogP contribution is 2.15. The zero-order chi connectivity index (χ0) is 29.0. The molecule has 0 spiro atoms. The number of hydrogen-bond donors (Lipinski definition) is 3. The molecule has 0 radical (unpaired) electrons. The maximum atomic E-state index is 13.6. The molecule has 0 saturated carbocycles. The van der Waals surface area contributed by atoms with Crippen LogP contribution < -0.4 is 16.0 Å². The molecule has 0 aliphatic heterocycles. The number of rotatable bonds is 13. The average molecular weight is 540 g/mol. The average Bonchev–Trinajstić information content (AvgIpc) is 2.88. The zero-order valence-electron chi connectivity index (χ0n) is 24.3. The van der Waals surface area contributed by atoms with Crippen LogP contribution in [0.1, 0.15) is 59.1 Å². The number of alkyl carbamates (subject to hydrolysis) is 1. The van der Waals surface area contributed by atoms with E-state index in [0.29, 0.717) is 19.3 Å². The van der Waals surface area contributed by atoms with E-state index >= 15 is 0 Å². The number of benzene rings is 2. The summed E-state index contributed by atoms with van der Waals surface area (Å²) in [7, 11) is 1.31. The summed E-state index contributed by atoms with van der Waals surface area (Å²) in [6.07, 6.45) is 1.01. The maximum absolute atomic E-state index is 13.6. The van der Waals surface area contributed by atoms with Crippen LogP contribution in [0.25, 0.3) is 0 Å². The number of hydrogen-bond acceptors (Lipinski definition) is 6. The fraction of sp³-hybridized carbons (Fsp3) is 0.516. The summed E-state index contributed by atoms with van der Waals surface area (Å²) in [6, 6.07) is 17.3. The van der Waals surface area contributed by atoms with Gasteiger partial charge in [0.1, 0.15) is 11.6 Å². The second-order valence-corrected chi connectivity index (χ2v) is 11.1. The van der Waals surface area contributed by atoms with Gasteiger partial charge in [-0.25, -0.2) is 9.59 Å². The van der Waals surface area contributed by atoms with Gasteiger partial charge in [0.25, 0.3) is 0 Å². The molecule has 2 aromatic carbocycles. The number of amides is 2. The van der Waals surface area contributed by atoms with Crippen molar-refractivity contribution in [1.82, 2.24) is 16.0 Å². The molecular formula is C31H45N3O5. The summed E-state index contributed by atoms with van der Waals surface area (Å²) in [5, 5.41) is 9.41. The van der Waals surface area contributed by atoms with Crippen LogP contribution in [0.2, 0.25) is 0 Å². The summed E-state index contributed by atoms with van der Waals surface area (Å²) >= 11 is 0. The van der Waals surface area contributed by atoms with Gasteiger partial charge < -0.3 is 25.4 Å². The monoisotopic (exact) mass is 539 g/mol. The molecule has 0 bridgehead atoms. The van der Waals surface area contributed by atoms with Crippen molar-refractivity contribution in [3.8, 4) is 0 Å². The topological polar surface area (TPSA) is 106 Å². The number of nitrogens with one attached hydrogen (secondary N) is 3. The van der Waals surface area contributed by atoms with Crippen molar-refractivity contribution in [2.24, 2.45) is 5.92 Å². The predicted molar refractivity (Wildman–Crippen MR) is 153 cm³/mol. The number of carbonyl (C=O) groups excluding carboxylic acids is 3. The highest BCUT2D eigenvalue weighted by Gasteiger charge is 2.33. The van der Waals surface area contributed by atoms with Crippen molar-refractivity contribution in [1.29, 1.82) is 0 Å². The Kier molecular flexibility index (Phi) is 12.5. The van der Waals surface area contributed by atoms with Gasteiger partial charge in [-0.3, -0.25) is 4.79 Å². The quantitative estimate of drug-likeness (QED) is 0.326. The fourth-order valence-corrected chi connectivity index (χ4v) is 4.39. The number of ether oxygens (including phenoxy) is 2. The summed E-state index contributed by atoms with van der Waals surface area (Å²) in [6.45, 7) is 11.4. The van der Waals surface area contributed by atoms with Crippen LogP contribution >= 0.6 is 0 Å². The summed E-state index contributed by atoms with van der Waals surface area (Å²) in [4.78, 5) is 38.9. The molecule has 0 aliphatic carbocycles. The van der Waals surface area contributed by atoms with E-state index in [1.54, 1.807) is 0 Å². The molecule has 2 aromatic rings. The second-order valence-electron chi connectivity index (χ2n) is 11.1. The van der Waals surface area contributed by atoms with Gasteiger partial charge >= 0.3 is 12.1 Å². The molecule has 0 heterocycles. The van der Waals surface area contributed by atoms with E-state index in [-0.39, 0.29) is 23.9 Å². The Balaban J connectivity index is 2.25. The Morgan fingerprint density at radius 1 is 0.821 bits per heavy atom. The Morgan fingerprint density at radius 2 is 1.36 bits per heavy atom. The third kappa shape index (κ3) is 11.1. The molecule has 0 fully saturated rings. The van der Waals surface area contributed by atoms with E-state index in [2.05, 4.69) is 16.0 Å². The molecular weight excluding hydrogens is 494 g/mol. The fourth-order valence-electron chi connectivity index (χ4n) is 4.39. The normalized spacial score (nSPS) is 14.6. The Labute approximate surface area is 233 Å². The van der Waals surface area contributed by atoms with Crippen molar-refractivity contribution in [3.63, 3.8) is 0 Å². The molecule has 3 N–H and O–H groups in total. The first kappa shape index (κ1) is 31.8. The van der Waals surface area contributed by atoms with Gasteiger partial charge in [-0.2, -0.15) is 0 Å². The van der Waals surface area contributed by atoms with Crippen molar-refractivity contribution in [2.75, 3.05) is 7.11 Å². The van der Waals surface area contributed by atoms with Crippen molar-refractivity contribution < 1.29 is 23.9 Å². The van der Waals surface area contributed by atoms with Crippen molar-refractivity contribution in [2.45, 2.75) is 90.6 Å². The molecule has 8 nitrogen and oxygen atoms in total. The molecule has 0 saturated heterocycles. The molecule has 0 unspecified atom stereocenters. The lowest BCUT2D eigenvalue weighted by atomic mass is 9.94. The summed E-state index contributed by atoms with van der Waals surface area (Å²) in [5.41, 5.74) is 1.33. The van der Waals surface area contributed by atoms with Gasteiger partial charge in [0.15, 0.2) is 0 Å². The Bertz CT molecular complexity index is 1040. The van der Waals surface area contributed by atoms with Crippen LogP contribution in [-0.2, 0) is 31.9 Å². The largest absolute Gasteiger partial charge is 0.467 e. The van der Waals surface area contributed by atoms with Crippen molar-refractivity contribution >= 4 is 18.0 Å². The third-order valence-electron chi connectivity index (χ3n) is 6.35. The van der Waals surface area contributed by atoms with E-state index < -0.39 is 29.7 Å². The molecule has 8 heteroatoms. The van der Waals surface area contributed by atoms with E-state index in [0.717, 1.165) is 11.1 Å². The number of esters is 1. The predicted octanol–water partition coefficient (Wildman–Crippen LogP) is 4.42. The molecule has 214 valence electrons. The first-order valence-electron chi connectivity index (χ1n) is 13.6. The minimum atomic E-state index is -0.826. The minimum Gasteiger partial charge on any atom is -0.467 e. The second kappa shape index (κ2) is 15.3. The lowest BCUT2D eigenvalue weighted by molar-refractivity contribution is -0.145. The molecule has 4 atom stereocenters. The van der Waals surface area contributed by atoms with E-state index in [9.17, 15) is 14.4 Å². The first-order chi connectivity index (χ1) is 18.4. The Morgan fingerprint density at radius 3 is 1.82 bits per heavy atom. The number of methoxy groups -OCH3 is 1. The Hall–Kier alpha value is -3.39.